The highest BCUT2D eigenvalue weighted by atomic mass is 14.4. The summed E-state index contributed by atoms with van der Waals surface area (Å²) in [5.74, 6) is 0.922. The van der Waals surface area contributed by atoms with Crippen molar-refractivity contribution in [3.63, 3.8) is 0 Å². The van der Waals surface area contributed by atoms with E-state index in [0.717, 1.165) is 5.92 Å². The number of rotatable bonds is 0. The van der Waals surface area contributed by atoms with Gasteiger partial charge >= 0.3 is 0 Å². The maximum atomic E-state index is 2.38. The highest BCUT2D eigenvalue weighted by Gasteiger charge is 2.37. The van der Waals surface area contributed by atoms with Gasteiger partial charge in [-0.25, -0.2) is 0 Å². The third kappa shape index (κ3) is 1.32. The molecular weight excluding hydrogens is 144 g/mol. The van der Waals surface area contributed by atoms with Gasteiger partial charge in [0.1, 0.15) is 0 Å². The van der Waals surface area contributed by atoms with Gasteiger partial charge in [-0.05, 0) is 37.0 Å². The lowest BCUT2D eigenvalue weighted by atomic mass is 9.73. The van der Waals surface area contributed by atoms with E-state index < -0.39 is 0 Å². The fraction of sp³-hybridized carbons (Fsp3) is 0.833. The van der Waals surface area contributed by atoms with Crippen molar-refractivity contribution >= 4 is 0 Å². The molecule has 0 radical (unpaired) electrons. The Morgan fingerprint density at radius 3 is 2.00 bits per heavy atom. The Morgan fingerprint density at radius 2 is 1.75 bits per heavy atom. The smallest absolute Gasteiger partial charge is 0.0149 e. The lowest BCUT2D eigenvalue weighted by molar-refractivity contribution is 0.272. The van der Waals surface area contributed by atoms with Crippen LogP contribution in [0.5, 0.6) is 0 Å². The Kier molecular flexibility index (Phi) is 2.38. The Labute approximate surface area is 77.1 Å². The standard InChI is InChI=1S/C11H18.CH4/c1-11(2,3)10-7-5-8-4-6-9(8)10;/h10H,4-7H2,1-3H3;1H4/t10-;/m1./s1. The second-order valence-electron chi connectivity index (χ2n) is 5.09. The topological polar surface area (TPSA) is 0 Å². The predicted octanol–water partition coefficient (Wildman–Crippen LogP) is 4.17. The maximum absolute atomic E-state index is 2.38. The molecular formula is C12H22. The minimum atomic E-state index is 0. The number of allylic oxidation sites excluding steroid dienone is 2. The van der Waals surface area contributed by atoms with Crippen molar-refractivity contribution in [2.45, 2.75) is 53.9 Å². The van der Waals surface area contributed by atoms with Gasteiger partial charge in [0.25, 0.3) is 0 Å². The summed E-state index contributed by atoms with van der Waals surface area (Å²) in [7, 11) is 0. The first-order chi connectivity index (χ1) is 5.09. The first-order valence-corrected chi connectivity index (χ1v) is 4.80. The van der Waals surface area contributed by atoms with Gasteiger partial charge in [0, 0.05) is 0 Å². The second kappa shape index (κ2) is 2.90. The zero-order chi connectivity index (χ0) is 8.06. The van der Waals surface area contributed by atoms with Crippen LogP contribution in [0.1, 0.15) is 53.9 Å². The van der Waals surface area contributed by atoms with Crippen LogP contribution in [0.3, 0.4) is 0 Å². The van der Waals surface area contributed by atoms with E-state index in [-0.39, 0.29) is 7.43 Å². The van der Waals surface area contributed by atoms with Gasteiger partial charge < -0.3 is 0 Å². The van der Waals surface area contributed by atoms with Gasteiger partial charge in [-0.2, -0.15) is 0 Å². The van der Waals surface area contributed by atoms with Crippen molar-refractivity contribution in [3.8, 4) is 0 Å². The molecule has 0 amide bonds. The highest BCUT2D eigenvalue weighted by molar-refractivity contribution is 5.32. The molecule has 0 saturated heterocycles. The highest BCUT2D eigenvalue weighted by Crippen LogP contribution is 2.51. The van der Waals surface area contributed by atoms with Crippen molar-refractivity contribution in [1.82, 2.24) is 0 Å². The summed E-state index contributed by atoms with van der Waals surface area (Å²) in [5, 5.41) is 0. The van der Waals surface area contributed by atoms with Crippen molar-refractivity contribution in [2.75, 3.05) is 0 Å². The normalized spacial score (nSPS) is 27.8. The van der Waals surface area contributed by atoms with Crippen LogP contribution < -0.4 is 0 Å². The predicted molar refractivity (Wildman–Crippen MR) is 55.2 cm³/mol. The molecule has 0 bridgehead atoms. The summed E-state index contributed by atoms with van der Waals surface area (Å²) < 4.78 is 0. The zero-order valence-corrected chi connectivity index (χ0v) is 7.91. The first-order valence-electron chi connectivity index (χ1n) is 4.80. The van der Waals surface area contributed by atoms with Crippen LogP contribution in [0, 0.1) is 11.3 Å². The minimum absolute atomic E-state index is 0. The first kappa shape index (κ1) is 9.83. The van der Waals surface area contributed by atoms with Gasteiger partial charge in [-0.3, -0.25) is 0 Å². The summed E-state index contributed by atoms with van der Waals surface area (Å²) in [6.07, 6.45) is 5.69. The molecule has 0 heteroatoms. The van der Waals surface area contributed by atoms with E-state index in [9.17, 15) is 0 Å². The van der Waals surface area contributed by atoms with Crippen LogP contribution in [0.25, 0.3) is 0 Å². The summed E-state index contributed by atoms with van der Waals surface area (Å²) in [4.78, 5) is 0. The van der Waals surface area contributed by atoms with E-state index in [2.05, 4.69) is 20.8 Å². The SMILES string of the molecule is C.CC(C)(C)[C@@H]1CCC2=C1CC2. The Bertz CT molecular complexity index is 203. The van der Waals surface area contributed by atoms with Gasteiger partial charge in [0.15, 0.2) is 0 Å². The van der Waals surface area contributed by atoms with E-state index in [1.807, 2.05) is 11.1 Å². The molecule has 0 saturated carbocycles. The molecule has 0 aliphatic heterocycles. The zero-order valence-electron chi connectivity index (χ0n) is 7.91. The van der Waals surface area contributed by atoms with Gasteiger partial charge in [-0.1, -0.05) is 39.3 Å². The summed E-state index contributed by atoms with van der Waals surface area (Å²) in [6, 6.07) is 0. The molecule has 1 atom stereocenters. The third-order valence-corrected chi connectivity index (χ3v) is 3.35. The van der Waals surface area contributed by atoms with Crippen LogP contribution in [0.2, 0.25) is 0 Å². The van der Waals surface area contributed by atoms with Crippen molar-refractivity contribution in [3.05, 3.63) is 11.1 Å². The molecule has 0 heterocycles. The molecule has 0 spiro atoms. The molecule has 0 aromatic carbocycles. The van der Waals surface area contributed by atoms with Crippen LogP contribution in [0.15, 0.2) is 11.1 Å². The molecule has 0 nitrogen and oxygen atoms in total. The molecule has 0 N–H and O–H groups in total. The molecule has 12 heavy (non-hydrogen) atoms. The fourth-order valence-corrected chi connectivity index (χ4v) is 2.60. The molecule has 0 unspecified atom stereocenters. The molecule has 0 aromatic heterocycles. The quantitative estimate of drug-likeness (QED) is 0.474. The third-order valence-electron chi connectivity index (χ3n) is 3.35. The van der Waals surface area contributed by atoms with Crippen LogP contribution in [-0.4, -0.2) is 0 Å². The molecule has 2 aliphatic rings. The van der Waals surface area contributed by atoms with Crippen LogP contribution in [-0.2, 0) is 0 Å². The fourth-order valence-electron chi connectivity index (χ4n) is 2.60. The van der Waals surface area contributed by atoms with Crippen molar-refractivity contribution in [2.24, 2.45) is 11.3 Å². The Morgan fingerprint density at radius 1 is 1.08 bits per heavy atom. The van der Waals surface area contributed by atoms with E-state index in [4.69, 9.17) is 0 Å². The molecule has 2 rings (SSSR count). The van der Waals surface area contributed by atoms with Crippen LogP contribution >= 0.6 is 0 Å². The van der Waals surface area contributed by atoms with E-state index in [1.54, 1.807) is 0 Å². The van der Waals surface area contributed by atoms with E-state index in [0.29, 0.717) is 5.41 Å². The van der Waals surface area contributed by atoms with Crippen LogP contribution in [0.4, 0.5) is 0 Å². The molecule has 0 aromatic rings. The summed E-state index contributed by atoms with van der Waals surface area (Å²) in [6.45, 7) is 7.14. The van der Waals surface area contributed by atoms with Crippen molar-refractivity contribution in [1.29, 1.82) is 0 Å². The number of hydrogen-bond acceptors (Lipinski definition) is 0. The average molecular weight is 166 g/mol. The van der Waals surface area contributed by atoms with Gasteiger partial charge in [0.05, 0.1) is 0 Å². The molecule has 2 aliphatic carbocycles. The monoisotopic (exact) mass is 166 g/mol. The lowest BCUT2D eigenvalue weighted by Crippen LogP contribution is -2.21. The average Bonchev–Trinajstić information content (AvgIpc) is 2.05. The second-order valence-corrected chi connectivity index (χ2v) is 5.09. The number of hydrogen-bond donors (Lipinski definition) is 0. The largest absolute Gasteiger partial charge is 0.0776 e. The van der Waals surface area contributed by atoms with E-state index >= 15 is 0 Å². The lowest BCUT2D eigenvalue weighted by Gasteiger charge is -2.32. The summed E-state index contributed by atoms with van der Waals surface area (Å²) >= 11 is 0. The van der Waals surface area contributed by atoms with Gasteiger partial charge in [-0.15, -0.1) is 0 Å². The molecule has 0 fully saturated rings. The Balaban J connectivity index is 0.000000720. The maximum Gasteiger partial charge on any atom is -0.0149 e. The van der Waals surface area contributed by atoms with Gasteiger partial charge in [0.2, 0.25) is 0 Å². The van der Waals surface area contributed by atoms with Crippen molar-refractivity contribution < 1.29 is 0 Å². The van der Waals surface area contributed by atoms with E-state index in [1.165, 1.54) is 25.7 Å². The minimum Gasteiger partial charge on any atom is -0.0776 e. The summed E-state index contributed by atoms with van der Waals surface area (Å²) in [5.41, 5.74) is 4.17. The molecule has 70 valence electrons. The Hall–Kier alpha value is -0.260.